The first kappa shape index (κ1) is 18.9. The van der Waals surface area contributed by atoms with E-state index in [0.717, 1.165) is 0 Å². The van der Waals surface area contributed by atoms with Crippen molar-refractivity contribution in [3.8, 4) is 0 Å². The maximum atomic E-state index is 13.4. The highest BCUT2D eigenvalue weighted by Gasteiger charge is 2.09. The molecule has 0 aliphatic rings. The molecule has 5 nitrogen and oxygen atoms in total. The summed E-state index contributed by atoms with van der Waals surface area (Å²) in [5, 5.41) is 6.86. The molecule has 0 aliphatic carbocycles. The summed E-state index contributed by atoms with van der Waals surface area (Å²) in [5.74, 6) is -1.47. The summed E-state index contributed by atoms with van der Waals surface area (Å²) in [6.07, 6.45) is 1.15. The lowest BCUT2D eigenvalue weighted by Crippen LogP contribution is -2.21. The van der Waals surface area contributed by atoms with Crippen molar-refractivity contribution < 1.29 is 14.0 Å². The fourth-order valence-electron chi connectivity index (χ4n) is 1.85. The lowest BCUT2D eigenvalue weighted by atomic mass is 10.2. The molecule has 2 rings (SSSR count). The summed E-state index contributed by atoms with van der Waals surface area (Å²) < 4.78 is 13.4. The first-order valence-corrected chi connectivity index (χ1v) is 8.03. The van der Waals surface area contributed by atoms with Gasteiger partial charge in [-0.15, -0.1) is 0 Å². The van der Waals surface area contributed by atoms with Gasteiger partial charge in [0.15, 0.2) is 0 Å². The van der Waals surface area contributed by atoms with Crippen LogP contribution in [0.2, 0.25) is 10.0 Å². The Morgan fingerprint density at radius 2 is 1.76 bits per heavy atom. The van der Waals surface area contributed by atoms with E-state index in [1.807, 2.05) is 0 Å². The molecule has 0 atom stereocenters. The molecule has 0 bridgehead atoms. The summed E-state index contributed by atoms with van der Waals surface area (Å²) >= 11 is 11.8. The molecule has 0 saturated carbocycles. The van der Waals surface area contributed by atoms with Gasteiger partial charge in [-0.25, -0.2) is 9.82 Å². The van der Waals surface area contributed by atoms with Gasteiger partial charge in [0.25, 0.3) is 0 Å². The molecule has 2 aromatic rings. The van der Waals surface area contributed by atoms with Gasteiger partial charge in [0, 0.05) is 18.4 Å². The number of hydrogen-bond acceptors (Lipinski definition) is 3. The van der Waals surface area contributed by atoms with Crippen LogP contribution in [0.3, 0.4) is 0 Å². The quantitative estimate of drug-likeness (QED) is 0.586. The van der Waals surface area contributed by atoms with Crippen LogP contribution in [0.25, 0.3) is 0 Å². The zero-order chi connectivity index (χ0) is 18.2. The molecule has 0 heterocycles. The predicted molar refractivity (Wildman–Crippen MR) is 96.5 cm³/mol. The van der Waals surface area contributed by atoms with Crippen LogP contribution in [0, 0.1) is 5.82 Å². The van der Waals surface area contributed by atoms with Crippen molar-refractivity contribution in [1.29, 1.82) is 0 Å². The van der Waals surface area contributed by atoms with E-state index in [1.54, 1.807) is 24.3 Å². The summed E-state index contributed by atoms with van der Waals surface area (Å²) in [6.45, 7) is 0. The van der Waals surface area contributed by atoms with Gasteiger partial charge in [-0.3, -0.25) is 9.59 Å². The Morgan fingerprint density at radius 3 is 2.52 bits per heavy atom. The molecule has 0 aromatic heterocycles. The van der Waals surface area contributed by atoms with Crippen molar-refractivity contribution in [2.75, 3.05) is 5.32 Å². The van der Waals surface area contributed by atoms with E-state index in [9.17, 15) is 14.0 Å². The second-order valence-corrected chi connectivity index (χ2v) is 5.75. The minimum atomic E-state index is -0.539. The SMILES string of the molecule is O=C(CCC(=O)Nc1ccccc1F)NN=Cc1cccc(Cl)c1Cl. The monoisotopic (exact) mass is 381 g/mol. The van der Waals surface area contributed by atoms with E-state index in [0.29, 0.717) is 15.6 Å². The molecule has 0 aliphatic heterocycles. The smallest absolute Gasteiger partial charge is 0.240 e. The number of nitrogens with zero attached hydrogens (tertiary/aromatic N) is 1. The molecular weight excluding hydrogens is 368 g/mol. The molecule has 2 N–H and O–H groups in total. The summed E-state index contributed by atoms with van der Waals surface area (Å²) in [4.78, 5) is 23.4. The number of carbonyl (C=O) groups excluding carboxylic acids is 2. The van der Waals surface area contributed by atoms with Crippen molar-refractivity contribution >= 4 is 46.9 Å². The maximum Gasteiger partial charge on any atom is 0.240 e. The average molecular weight is 382 g/mol. The number of hydrogen-bond donors (Lipinski definition) is 2. The molecule has 2 amide bonds. The molecule has 130 valence electrons. The molecule has 25 heavy (non-hydrogen) atoms. The number of carbonyl (C=O) groups is 2. The second kappa shape index (κ2) is 9.15. The molecule has 0 radical (unpaired) electrons. The van der Waals surface area contributed by atoms with Gasteiger partial charge in [0.2, 0.25) is 11.8 Å². The summed E-state index contributed by atoms with van der Waals surface area (Å²) in [7, 11) is 0. The van der Waals surface area contributed by atoms with Gasteiger partial charge in [-0.1, -0.05) is 47.5 Å². The minimum Gasteiger partial charge on any atom is -0.324 e. The van der Waals surface area contributed by atoms with Crippen molar-refractivity contribution in [3.05, 3.63) is 63.9 Å². The number of nitrogens with one attached hydrogen (secondary N) is 2. The fraction of sp³-hybridized carbons (Fsp3) is 0.118. The third kappa shape index (κ3) is 5.85. The van der Waals surface area contributed by atoms with Crippen molar-refractivity contribution in [3.63, 3.8) is 0 Å². The van der Waals surface area contributed by atoms with Crippen LogP contribution in [-0.4, -0.2) is 18.0 Å². The van der Waals surface area contributed by atoms with Crippen molar-refractivity contribution in [2.24, 2.45) is 5.10 Å². The van der Waals surface area contributed by atoms with Gasteiger partial charge in [-0.05, 0) is 18.2 Å². The van der Waals surface area contributed by atoms with E-state index in [1.165, 1.54) is 24.4 Å². The van der Waals surface area contributed by atoms with E-state index in [2.05, 4.69) is 15.8 Å². The molecule has 0 saturated heterocycles. The van der Waals surface area contributed by atoms with Crippen LogP contribution < -0.4 is 10.7 Å². The number of benzene rings is 2. The number of anilines is 1. The topological polar surface area (TPSA) is 70.6 Å². The summed E-state index contributed by atoms with van der Waals surface area (Å²) in [6, 6.07) is 10.8. The van der Waals surface area contributed by atoms with Gasteiger partial charge in [0.05, 0.1) is 21.9 Å². The number of para-hydroxylation sites is 1. The highest BCUT2D eigenvalue weighted by Crippen LogP contribution is 2.24. The highest BCUT2D eigenvalue weighted by molar-refractivity contribution is 6.43. The zero-order valence-corrected chi connectivity index (χ0v) is 14.4. The summed E-state index contributed by atoms with van der Waals surface area (Å²) in [5.41, 5.74) is 2.90. The van der Waals surface area contributed by atoms with E-state index in [-0.39, 0.29) is 18.5 Å². The van der Waals surface area contributed by atoms with Gasteiger partial charge < -0.3 is 5.32 Å². The maximum absolute atomic E-state index is 13.4. The Hall–Kier alpha value is -2.44. The second-order valence-electron chi connectivity index (χ2n) is 4.96. The van der Waals surface area contributed by atoms with Gasteiger partial charge in [-0.2, -0.15) is 5.10 Å². The predicted octanol–water partition coefficient (Wildman–Crippen LogP) is 4.00. The Balaban J connectivity index is 1.79. The lowest BCUT2D eigenvalue weighted by Gasteiger charge is -2.05. The standard InChI is InChI=1S/C17H14Cl2FN3O2/c18-12-5-3-4-11(17(12)19)10-21-23-16(25)9-8-15(24)22-14-7-2-1-6-13(14)20/h1-7,10H,8-9H2,(H,22,24)(H,23,25). The normalized spacial score (nSPS) is 10.7. The van der Waals surface area contributed by atoms with Crippen LogP contribution in [0.4, 0.5) is 10.1 Å². The lowest BCUT2D eigenvalue weighted by molar-refractivity contribution is -0.124. The van der Waals surface area contributed by atoms with Crippen LogP contribution in [0.15, 0.2) is 47.6 Å². The van der Waals surface area contributed by atoms with Crippen LogP contribution in [0.5, 0.6) is 0 Å². The van der Waals surface area contributed by atoms with Gasteiger partial charge >= 0.3 is 0 Å². The van der Waals surface area contributed by atoms with E-state index in [4.69, 9.17) is 23.2 Å². The Labute approximate surface area is 153 Å². The molecule has 0 unspecified atom stereocenters. The molecular formula is C17H14Cl2FN3O2. The molecule has 2 aromatic carbocycles. The fourth-order valence-corrected chi connectivity index (χ4v) is 2.21. The first-order chi connectivity index (χ1) is 12.0. The average Bonchev–Trinajstić information content (AvgIpc) is 2.59. The molecule has 0 spiro atoms. The van der Waals surface area contributed by atoms with E-state index >= 15 is 0 Å². The Bertz CT molecular complexity index is 812. The number of amides is 2. The third-order valence-electron chi connectivity index (χ3n) is 3.10. The minimum absolute atomic E-state index is 0.0709. The first-order valence-electron chi connectivity index (χ1n) is 7.27. The highest BCUT2D eigenvalue weighted by atomic mass is 35.5. The largest absolute Gasteiger partial charge is 0.324 e. The van der Waals surface area contributed by atoms with Crippen LogP contribution in [0.1, 0.15) is 18.4 Å². The number of hydrazone groups is 1. The number of halogens is 3. The van der Waals surface area contributed by atoms with Crippen molar-refractivity contribution in [2.45, 2.75) is 12.8 Å². The number of rotatable bonds is 6. The molecule has 8 heteroatoms. The van der Waals surface area contributed by atoms with Gasteiger partial charge in [0.1, 0.15) is 5.82 Å². The van der Waals surface area contributed by atoms with E-state index < -0.39 is 17.6 Å². The van der Waals surface area contributed by atoms with Crippen LogP contribution >= 0.6 is 23.2 Å². The Morgan fingerprint density at radius 1 is 1.04 bits per heavy atom. The zero-order valence-electron chi connectivity index (χ0n) is 12.9. The van der Waals surface area contributed by atoms with Crippen LogP contribution in [-0.2, 0) is 9.59 Å². The Kier molecular flexibility index (Phi) is 6.91. The molecule has 0 fully saturated rings. The van der Waals surface area contributed by atoms with Crippen molar-refractivity contribution in [1.82, 2.24) is 5.43 Å². The third-order valence-corrected chi connectivity index (χ3v) is 3.93.